The van der Waals surface area contributed by atoms with E-state index in [1.54, 1.807) is 54.4 Å². The van der Waals surface area contributed by atoms with Gasteiger partial charge in [-0.25, -0.2) is 4.98 Å². The topological polar surface area (TPSA) is 167 Å². The molecule has 0 amide bonds. The molecule has 0 saturated carbocycles. The Morgan fingerprint density at radius 1 is 0.974 bits per heavy atom. The van der Waals surface area contributed by atoms with Crippen LogP contribution in [0.2, 0.25) is 0 Å². The number of nitrogens with one attached hydrogen (secondary N) is 2. The number of oxazole rings is 1. The Balaban J connectivity index is 0.000000229. The third kappa shape index (κ3) is 23.6. The average Bonchev–Trinajstić information content (AvgIpc) is 3.87. The Kier molecular flexibility index (Phi) is 22.1. The van der Waals surface area contributed by atoms with Crippen LogP contribution in [0.1, 0.15) is 5.89 Å². The van der Waals surface area contributed by atoms with Gasteiger partial charge in [-0.05, 0) is 22.9 Å². The Morgan fingerprint density at radius 2 is 1.74 bits per heavy atom. The van der Waals surface area contributed by atoms with E-state index in [2.05, 4.69) is 55.6 Å². The Labute approximate surface area is 229 Å². The Morgan fingerprint density at radius 3 is 1.97 bits per heavy atom. The molecule has 210 valence electrons. The normalized spacial score (nSPS) is 11.8. The number of H-pyrrole nitrogens is 1. The maximum Gasteiger partial charge on any atom is 0.279 e. The summed E-state index contributed by atoms with van der Waals surface area (Å²) in [7, 11) is 0. The highest BCUT2D eigenvalue weighted by atomic mass is 32.1. The molecule has 0 bridgehead atoms. The average molecular weight is 561 g/mol. The van der Waals surface area contributed by atoms with E-state index < -0.39 is 0 Å². The number of thiophene rings is 1. The van der Waals surface area contributed by atoms with E-state index in [1.165, 1.54) is 31.3 Å². The second-order valence-corrected chi connectivity index (χ2v) is 7.23. The van der Waals surface area contributed by atoms with E-state index in [-0.39, 0.29) is 5.56 Å². The molecule has 39 heavy (non-hydrogen) atoms. The molecule has 1 fully saturated rings. The van der Waals surface area contributed by atoms with Crippen molar-refractivity contribution >= 4 is 17.7 Å². The number of rotatable bonds is 2. The van der Waals surface area contributed by atoms with Crippen LogP contribution in [0.25, 0.3) is 0 Å². The second-order valence-electron chi connectivity index (χ2n) is 6.41. The maximum atomic E-state index is 9.92. The van der Waals surface area contributed by atoms with Gasteiger partial charge in [-0.3, -0.25) is 15.1 Å². The molecule has 2 N–H and O–H groups in total. The number of nitrogens with zero attached hydrogens (tertiary/aromatic N) is 4. The summed E-state index contributed by atoms with van der Waals surface area (Å²) in [5.41, 5.74) is -0.199. The molecular weight excluding hydrogens is 528 g/mol. The molecule has 1 saturated heterocycles. The van der Waals surface area contributed by atoms with E-state index in [0.717, 1.165) is 38.9 Å². The van der Waals surface area contributed by atoms with Crippen LogP contribution >= 0.6 is 11.3 Å². The molecule has 0 atom stereocenters. The minimum Gasteiger partial charge on any atom is -0.482 e. The molecule has 5 aromatic rings. The van der Waals surface area contributed by atoms with E-state index in [4.69, 9.17) is 9.15 Å². The highest BCUT2D eigenvalue weighted by Crippen LogP contribution is 1.94. The van der Waals surface area contributed by atoms with Gasteiger partial charge in [0.15, 0.2) is 12.3 Å². The molecule has 0 unspecified atom stereocenters. The summed E-state index contributed by atoms with van der Waals surface area (Å²) in [6, 6.07) is 8.79. The minimum absolute atomic E-state index is 0.199. The zero-order valence-electron chi connectivity index (χ0n) is 21.2. The SMILES string of the molecule is C1=NCCO1.C1COCN1.C=CCc1ncco1.O=c1cco[nH]1.c1ccsc1.c1cnoc1.c1cnoc1. The lowest BCUT2D eigenvalue weighted by Gasteiger charge is -1.80. The van der Waals surface area contributed by atoms with Crippen molar-refractivity contribution in [2.75, 3.05) is 33.0 Å². The molecule has 7 rings (SSSR count). The standard InChI is InChI=1S/C6H7NO.C4H4S.C3H3NO2.C3H7NO.C3H5NO.2C3H3NO/c1-2-3-6-7-4-5-8-6;1-2-4-5-3-1;5-3-1-2-6-4-3;2*1-2-5-3-4-1;2*1-2-4-5-3-1/h2,4-5H,1,3H2;1-4H;1-2H,(H,4,5);4H,1-3H2;3H,1-2H2;2*1-3H. The summed E-state index contributed by atoms with van der Waals surface area (Å²) in [5.74, 6) is 0.722. The third-order valence-corrected chi connectivity index (χ3v) is 4.11. The van der Waals surface area contributed by atoms with Crippen LogP contribution in [0.15, 0.2) is 125 Å². The van der Waals surface area contributed by atoms with Crippen molar-refractivity contribution in [2.45, 2.75) is 6.42 Å². The van der Waals surface area contributed by atoms with Crippen molar-refractivity contribution in [3.8, 4) is 0 Å². The van der Waals surface area contributed by atoms with Crippen molar-refractivity contribution in [3.63, 3.8) is 0 Å². The molecule has 7 heterocycles. The van der Waals surface area contributed by atoms with Gasteiger partial charge in [0.1, 0.15) is 31.7 Å². The molecule has 14 heteroatoms. The number of aromatic amines is 1. The molecule has 0 aliphatic carbocycles. The van der Waals surface area contributed by atoms with Gasteiger partial charge in [-0.2, -0.15) is 16.5 Å². The Bertz CT molecular complexity index is 994. The van der Waals surface area contributed by atoms with Crippen LogP contribution < -0.4 is 10.9 Å². The zero-order valence-corrected chi connectivity index (χ0v) is 22.1. The summed E-state index contributed by atoms with van der Waals surface area (Å²) in [6.07, 6.45) is 14.6. The third-order valence-electron chi connectivity index (χ3n) is 3.48. The summed E-state index contributed by atoms with van der Waals surface area (Å²) in [4.78, 5) is 17.5. The summed E-state index contributed by atoms with van der Waals surface area (Å²) in [5, 5.41) is 15.8. The van der Waals surface area contributed by atoms with Crippen LogP contribution in [0.5, 0.6) is 0 Å². The van der Waals surface area contributed by atoms with Gasteiger partial charge in [0.2, 0.25) is 0 Å². The molecular formula is C25H32N6O7S. The van der Waals surface area contributed by atoms with Gasteiger partial charge in [-0.15, -0.1) is 6.58 Å². The molecule has 2 aliphatic rings. The lowest BCUT2D eigenvalue weighted by molar-refractivity contribution is 0.194. The first kappa shape index (κ1) is 32.5. The predicted octanol–water partition coefficient (Wildman–Crippen LogP) is 4.08. The first-order valence-electron chi connectivity index (χ1n) is 11.5. The van der Waals surface area contributed by atoms with Crippen molar-refractivity contribution in [1.82, 2.24) is 25.8 Å². The van der Waals surface area contributed by atoms with Crippen LogP contribution in [0.4, 0.5) is 0 Å². The summed E-state index contributed by atoms with van der Waals surface area (Å²) in [6.45, 7) is 7.83. The van der Waals surface area contributed by atoms with Crippen molar-refractivity contribution in [1.29, 1.82) is 0 Å². The van der Waals surface area contributed by atoms with E-state index in [1.807, 2.05) is 22.9 Å². The van der Waals surface area contributed by atoms with Crippen molar-refractivity contribution in [2.24, 2.45) is 4.99 Å². The van der Waals surface area contributed by atoms with Crippen LogP contribution in [0.3, 0.4) is 0 Å². The van der Waals surface area contributed by atoms with Gasteiger partial charge < -0.3 is 27.5 Å². The lowest BCUT2D eigenvalue weighted by Crippen LogP contribution is -2.05. The lowest BCUT2D eigenvalue weighted by atomic mass is 10.4. The highest BCUT2D eigenvalue weighted by molar-refractivity contribution is 7.07. The van der Waals surface area contributed by atoms with Crippen molar-refractivity contribution < 1.29 is 27.5 Å². The smallest absolute Gasteiger partial charge is 0.279 e. The number of ether oxygens (including phenoxy) is 2. The fraction of sp³-hybridized carbons (Fsp3) is 0.240. The summed E-state index contributed by atoms with van der Waals surface area (Å²) >= 11 is 1.71. The van der Waals surface area contributed by atoms with E-state index in [9.17, 15) is 4.79 Å². The van der Waals surface area contributed by atoms with Crippen molar-refractivity contribution in [3.05, 3.63) is 114 Å². The maximum absolute atomic E-state index is 9.92. The molecule has 5 aromatic heterocycles. The molecule has 0 spiro atoms. The van der Waals surface area contributed by atoms with E-state index >= 15 is 0 Å². The number of hydrogen-bond donors (Lipinski definition) is 2. The first-order valence-corrected chi connectivity index (χ1v) is 12.4. The zero-order chi connectivity index (χ0) is 27.9. The van der Waals surface area contributed by atoms with Gasteiger partial charge in [-0.1, -0.05) is 28.5 Å². The van der Waals surface area contributed by atoms with Gasteiger partial charge in [0.05, 0.1) is 38.5 Å². The first-order chi connectivity index (χ1) is 19.3. The van der Waals surface area contributed by atoms with Gasteiger partial charge in [0, 0.05) is 19.0 Å². The number of aliphatic imine (C=N–C) groups is 1. The largest absolute Gasteiger partial charge is 0.482 e. The van der Waals surface area contributed by atoms with Gasteiger partial charge >= 0.3 is 0 Å². The second kappa shape index (κ2) is 26.5. The van der Waals surface area contributed by atoms with Crippen LogP contribution in [-0.2, 0) is 15.9 Å². The monoisotopic (exact) mass is 560 g/mol. The quantitative estimate of drug-likeness (QED) is 0.299. The fourth-order valence-corrected chi connectivity index (χ4v) is 2.36. The molecule has 2 aliphatic heterocycles. The molecule has 0 aromatic carbocycles. The minimum atomic E-state index is -0.199. The Hall–Kier alpha value is -4.53. The van der Waals surface area contributed by atoms with Crippen LogP contribution in [-0.4, -0.2) is 59.9 Å². The van der Waals surface area contributed by atoms with Crippen LogP contribution in [0, 0.1) is 0 Å². The number of hydrogen-bond acceptors (Lipinski definition) is 13. The van der Waals surface area contributed by atoms with Gasteiger partial charge in [0.25, 0.3) is 5.56 Å². The highest BCUT2D eigenvalue weighted by Gasteiger charge is 1.92. The number of allylic oxidation sites excluding steroid dienone is 1. The summed E-state index contributed by atoms with van der Waals surface area (Å²) < 4.78 is 27.3. The van der Waals surface area contributed by atoms with E-state index in [0.29, 0.717) is 6.42 Å². The fourth-order valence-electron chi connectivity index (χ4n) is 1.90. The predicted molar refractivity (Wildman–Crippen MR) is 145 cm³/mol. The number of aromatic nitrogens is 4. The molecule has 0 radical (unpaired) electrons. The molecule has 13 nitrogen and oxygen atoms in total.